The van der Waals surface area contributed by atoms with Crippen molar-refractivity contribution in [3.63, 3.8) is 0 Å². The predicted molar refractivity (Wildman–Crippen MR) is 80.6 cm³/mol. The SMILES string of the molecule is CNC(c1cccs1)c1c(C)c(C)cc(C)c1C. The molecule has 0 fully saturated rings. The van der Waals surface area contributed by atoms with E-state index in [9.17, 15) is 0 Å². The van der Waals surface area contributed by atoms with Crippen molar-refractivity contribution in [3.05, 3.63) is 56.3 Å². The van der Waals surface area contributed by atoms with Crippen LogP contribution in [0.3, 0.4) is 0 Å². The van der Waals surface area contributed by atoms with Crippen LogP contribution < -0.4 is 5.32 Å². The van der Waals surface area contributed by atoms with Crippen LogP contribution in [-0.2, 0) is 0 Å². The van der Waals surface area contributed by atoms with E-state index in [1.54, 1.807) is 0 Å². The van der Waals surface area contributed by atoms with Gasteiger partial charge in [0.25, 0.3) is 0 Å². The minimum absolute atomic E-state index is 0.309. The van der Waals surface area contributed by atoms with Gasteiger partial charge in [0.05, 0.1) is 6.04 Å². The molecule has 1 aromatic heterocycles. The second kappa shape index (κ2) is 5.25. The van der Waals surface area contributed by atoms with Gasteiger partial charge in [0.1, 0.15) is 0 Å². The summed E-state index contributed by atoms with van der Waals surface area (Å²) in [7, 11) is 2.04. The largest absolute Gasteiger partial charge is 0.309 e. The molecule has 1 nitrogen and oxygen atoms in total. The van der Waals surface area contributed by atoms with Crippen LogP contribution in [0.4, 0.5) is 0 Å². The molecule has 96 valence electrons. The van der Waals surface area contributed by atoms with E-state index in [0.717, 1.165) is 0 Å². The molecule has 1 heterocycles. The number of hydrogen-bond acceptors (Lipinski definition) is 2. The van der Waals surface area contributed by atoms with Crippen LogP contribution in [0.2, 0.25) is 0 Å². The third-order valence-electron chi connectivity index (χ3n) is 3.83. The standard InChI is InChI=1S/C16H21NS/c1-10-9-11(2)13(4)15(12(10)3)16(17-5)14-7-6-8-18-14/h6-9,16-17H,1-5H3. The summed E-state index contributed by atoms with van der Waals surface area (Å²) in [5, 5.41) is 5.61. The highest BCUT2D eigenvalue weighted by Gasteiger charge is 2.19. The average molecular weight is 259 g/mol. The maximum absolute atomic E-state index is 3.47. The predicted octanol–water partition coefficient (Wildman–Crippen LogP) is 4.29. The third-order valence-corrected chi connectivity index (χ3v) is 4.77. The van der Waals surface area contributed by atoms with Gasteiger partial charge in [0, 0.05) is 4.88 Å². The van der Waals surface area contributed by atoms with Gasteiger partial charge in [-0.2, -0.15) is 0 Å². The summed E-state index contributed by atoms with van der Waals surface area (Å²) in [5.74, 6) is 0. The van der Waals surface area contributed by atoms with Crippen LogP contribution in [0.25, 0.3) is 0 Å². The smallest absolute Gasteiger partial charge is 0.0673 e. The minimum Gasteiger partial charge on any atom is -0.309 e. The minimum atomic E-state index is 0.309. The lowest BCUT2D eigenvalue weighted by Crippen LogP contribution is -2.19. The zero-order valence-corrected chi connectivity index (χ0v) is 12.6. The molecule has 2 heteroatoms. The van der Waals surface area contributed by atoms with E-state index in [0.29, 0.717) is 6.04 Å². The van der Waals surface area contributed by atoms with Crippen LogP contribution >= 0.6 is 11.3 Å². The zero-order valence-electron chi connectivity index (χ0n) is 11.8. The topological polar surface area (TPSA) is 12.0 Å². The zero-order chi connectivity index (χ0) is 13.3. The second-order valence-electron chi connectivity index (χ2n) is 4.91. The molecule has 0 saturated heterocycles. The summed E-state index contributed by atoms with van der Waals surface area (Å²) >= 11 is 1.82. The molecule has 0 aliphatic carbocycles. The van der Waals surface area contributed by atoms with E-state index in [4.69, 9.17) is 0 Å². The molecule has 0 spiro atoms. The molecule has 0 bridgehead atoms. The summed E-state index contributed by atoms with van der Waals surface area (Å²) in [5.41, 5.74) is 7.02. The number of hydrogen-bond donors (Lipinski definition) is 1. The Bertz CT molecular complexity index is 514. The van der Waals surface area contributed by atoms with Gasteiger partial charge in [-0.1, -0.05) is 12.1 Å². The highest BCUT2D eigenvalue weighted by atomic mass is 32.1. The van der Waals surface area contributed by atoms with Gasteiger partial charge in [0.15, 0.2) is 0 Å². The molecule has 0 radical (unpaired) electrons. The van der Waals surface area contributed by atoms with Crippen LogP contribution in [0.15, 0.2) is 23.6 Å². The molecule has 2 rings (SSSR count). The van der Waals surface area contributed by atoms with Gasteiger partial charge < -0.3 is 5.32 Å². The molecular weight excluding hydrogens is 238 g/mol. The van der Waals surface area contributed by atoms with Crippen molar-refractivity contribution >= 4 is 11.3 Å². The van der Waals surface area contributed by atoms with Crippen molar-refractivity contribution in [3.8, 4) is 0 Å². The summed E-state index contributed by atoms with van der Waals surface area (Å²) in [6.07, 6.45) is 0. The molecule has 2 aromatic rings. The summed E-state index contributed by atoms with van der Waals surface area (Å²) < 4.78 is 0. The van der Waals surface area contributed by atoms with Gasteiger partial charge in [0.2, 0.25) is 0 Å². The maximum atomic E-state index is 3.47. The summed E-state index contributed by atoms with van der Waals surface area (Å²) in [6.45, 7) is 8.86. The van der Waals surface area contributed by atoms with E-state index in [1.165, 1.54) is 32.7 Å². The fraction of sp³-hybridized carbons (Fsp3) is 0.375. The number of aryl methyl sites for hydroxylation is 2. The first-order valence-corrected chi connectivity index (χ1v) is 7.22. The Morgan fingerprint density at radius 2 is 1.67 bits per heavy atom. The number of benzene rings is 1. The molecule has 1 N–H and O–H groups in total. The maximum Gasteiger partial charge on any atom is 0.0673 e. The van der Waals surface area contributed by atoms with Crippen molar-refractivity contribution in [2.45, 2.75) is 33.7 Å². The lowest BCUT2D eigenvalue weighted by atomic mass is 9.89. The van der Waals surface area contributed by atoms with Gasteiger partial charge >= 0.3 is 0 Å². The summed E-state index contributed by atoms with van der Waals surface area (Å²) in [4.78, 5) is 1.38. The quantitative estimate of drug-likeness (QED) is 0.867. The third kappa shape index (κ3) is 2.23. The number of rotatable bonds is 3. The number of thiophene rings is 1. The molecule has 1 unspecified atom stereocenters. The molecule has 0 aliphatic heterocycles. The Kier molecular flexibility index (Phi) is 3.88. The van der Waals surface area contributed by atoms with Crippen LogP contribution in [0.1, 0.15) is 38.7 Å². The molecule has 0 aliphatic rings. The van der Waals surface area contributed by atoms with E-state index in [-0.39, 0.29) is 0 Å². The molecule has 1 aromatic carbocycles. The van der Waals surface area contributed by atoms with Crippen molar-refractivity contribution in [2.75, 3.05) is 7.05 Å². The highest BCUT2D eigenvalue weighted by Crippen LogP contribution is 2.33. The molecule has 0 saturated carbocycles. The first-order valence-electron chi connectivity index (χ1n) is 6.34. The van der Waals surface area contributed by atoms with Gasteiger partial charge in [-0.3, -0.25) is 0 Å². The lowest BCUT2D eigenvalue weighted by molar-refractivity contribution is 0.693. The molecule has 1 atom stereocenters. The monoisotopic (exact) mass is 259 g/mol. The van der Waals surface area contributed by atoms with E-state index >= 15 is 0 Å². The first kappa shape index (κ1) is 13.3. The van der Waals surface area contributed by atoms with Crippen LogP contribution in [0.5, 0.6) is 0 Å². The van der Waals surface area contributed by atoms with Gasteiger partial charge in [-0.05, 0) is 74.0 Å². The average Bonchev–Trinajstić information content (AvgIpc) is 2.85. The van der Waals surface area contributed by atoms with E-state index in [2.05, 4.69) is 56.6 Å². The Morgan fingerprint density at radius 1 is 1.06 bits per heavy atom. The fourth-order valence-electron chi connectivity index (χ4n) is 2.56. The Morgan fingerprint density at radius 3 is 2.11 bits per heavy atom. The van der Waals surface area contributed by atoms with Gasteiger partial charge in [-0.25, -0.2) is 0 Å². The first-order chi connectivity index (χ1) is 8.56. The van der Waals surface area contributed by atoms with Crippen LogP contribution in [-0.4, -0.2) is 7.05 Å². The van der Waals surface area contributed by atoms with Crippen molar-refractivity contribution in [1.29, 1.82) is 0 Å². The molecule has 0 amide bonds. The van der Waals surface area contributed by atoms with E-state index < -0.39 is 0 Å². The van der Waals surface area contributed by atoms with E-state index in [1.807, 2.05) is 18.4 Å². The van der Waals surface area contributed by atoms with Crippen LogP contribution in [0, 0.1) is 27.7 Å². The highest BCUT2D eigenvalue weighted by molar-refractivity contribution is 7.10. The lowest BCUT2D eigenvalue weighted by Gasteiger charge is -2.23. The Labute approximate surface area is 114 Å². The fourth-order valence-corrected chi connectivity index (χ4v) is 3.41. The Hall–Kier alpha value is -1.12. The van der Waals surface area contributed by atoms with Crippen molar-refractivity contribution in [1.82, 2.24) is 5.32 Å². The van der Waals surface area contributed by atoms with Crippen molar-refractivity contribution < 1.29 is 0 Å². The second-order valence-corrected chi connectivity index (χ2v) is 5.89. The Balaban J connectivity index is 2.62. The molecule has 18 heavy (non-hydrogen) atoms. The normalized spacial score (nSPS) is 12.7. The number of nitrogens with one attached hydrogen (secondary N) is 1. The summed E-state index contributed by atoms with van der Waals surface area (Å²) in [6, 6.07) is 6.93. The molecular formula is C16H21NS. The van der Waals surface area contributed by atoms with Gasteiger partial charge in [-0.15, -0.1) is 11.3 Å². The van der Waals surface area contributed by atoms with Crippen molar-refractivity contribution in [2.24, 2.45) is 0 Å².